The number of hydrogen-bond acceptors (Lipinski definition) is 6. The highest BCUT2D eigenvalue weighted by molar-refractivity contribution is 5.44. The van der Waals surface area contributed by atoms with E-state index in [1.54, 1.807) is 38.7 Å². The lowest BCUT2D eigenvalue weighted by Crippen LogP contribution is -2.30. The molecule has 3 N–H and O–H groups in total. The van der Waals surface area contributed by atoms with Crippen LogP contribution >= 0.6 is 0 Å². The summed E-state index contributed by atoms with van der Waals surface area (Å²) in [6, 6.07) is 6.91. The maximum absolute atomic E-state index is 5.61. The summed E-state index contributed by atoms with van der Waals surface area (Å²) in [7, 11) is 3.20. The fourth-order valence-corrected chi connectivity index (χ4v) is 1.82. The van der Waals surface area contributed by atoms with Gasteiger partial charge in [-0.05, 0) is 18.2 Å². The number of hydrazine groups is 1. The monoisotopic (exact) mass is 260 g/mol. The van der Waals surface area contributed by atoms with E-state index in [0.717, 1.165) is 5.56 Å². The Hall–Kier alpha value is -2.18. The number of nitrogens with two attached hydrogens (primary N) is 1. The van der Waals surface area contributed by atoms with Crippen LogP contribution in [0, 0.1) is 0 Å². The van der Waals surface area contributed by atoms with E-state index in [4.69, 9.17) is 15.3 Å². The Morgan fingerprint density at radius 3 is 2.47 bits per heavy atom. The van der Waals surface area contributed by atoms with Gasteiger partial charge in [-0.1, -0.05) is 0 Å². The molecule has 0 aliphatic heterocycles. The molecule has 0 saturated carbocycles. The first-order chi connectivity index (χ1) is 9.30. The largest absolute Gasteiger partial charge is 0.497 e. The van der Waals surface area contributed by atoms with Gasteiger partial charge in [-0.15, -0.1) is 0 Å². The summed E-state index contributed by atoms with van der Waals surface area (Å²) in [6.45, 7) is 0. The number of rotatable bonds is 5. The third-order valence-electron chi connectivity index (χ3n) is 2.76. The van der Waals surface area contributed by atoms with Gasteiger partial charge < -0.3 is 9.47 Å². The molecule has 6 nitrogen and oxygen atoms in total. The van der Waals surface area contributed by atoms with Crippen LogP contribution in [0.3, 0.4) is 0 Å². The third-order valence-corrected chi connectivity index (χ3v) is 2.76. The first-order valence-electron chi connectivity index (χ1n) is 5.75. The molecule has 1 atom stereocenters. The first kappa shape index (κ1) is 13.3. The Bertz CT molecular complexity index is 533. The second-order valence-electron chi connectivity index (χ2n) is 3.81. The van der Waals surface area contributed by atoms with E-state index in [1.165, 1.54) is 0 Å². The lowest BCUT2D eigenvalue weighted by molar-refractivity contribution is 0.386. The standard InChI is InChI=1S/C13H16N4O2/c1-18-9-4-5-10(11(8-9)19-2)12(17-14)13-15-6-3-7-16-13/h3-8,12,17H,14H2,1-2H3. The van der Waals surface area contributed by atoms with Crippen molar-refractivity contribution in [1.82, 2.24) is 15.4 Å². The van der Waals surface area contributed by atoms with Crippen LogP contribution in [0.2, 0.25) is 0 Å². The van der Waals surface area contributed by atoms with Gasteiger partial charge in [0.05, 0.1) is 14.2 Å². The molecule has 2 aromatic rings. The zero-order valence-corrected chi connectivity index (χ0v) is 10.8. The molecule has 1 heterocycles. The zero-order chi connectivity index (χ0) is 13.7. The van der Waals surface area contributed by atoms with Gasteiger partial charge in [-0.3, -0.25) is 5.84 Å². The maximum atomic E-state index is 5.61. The molecule has 100 valence electrons. The van der Waals surface area contributed by atoms with E-state index in [0.29, 0.717) is 17.3 Å². The molecule has 0 bridgehead atoms. The van der Waals surface area contributed by atoms with Crippen molar-refractivity contribution in [2.45, 2.75) is 6.04 Å². The highest BCUT2D eigenvalue weighted by Crippen LogP contribution is 2.31. The van der Waals surface area contributed by atoms with Gasteiger partial charge in [0.2, 0.25) is 0 Å². The number of nitrogens with one attached hydrogen (secondary N) is 1. The van der Waals surface area contributed by atoms with Crippen molar-refractivity contribution >= 4 is 0 Å². The van der Waals surface area contributed by atoms with Gasteiger partial charge in [0, 0.05) is 24.0 Å². The molecule has 0 saturated heterocycles. The normalized spacial score (nSPS) is 11.9. The summed E-state index contributed by atoms with van der Waals surface area (Å²) < 4.78 is 10.5. The van der Waals surface area contributed by atoms with E-state index in [1.807, 2.05) is 12.1 Å². The predicted octanol–water partition coefficient (Wildman–Crippen LogP) is 1.05. The quantitative estimate of drug-likeness (QED) is 0.617. The number of ether oxygens (including phenoxy) is 2. The zero-order valence-electron chi connectivity index (χ0n) is 10.8. The van der Waals surface area contributed by atoms with Gasteiger partial charge in [0.25, 0.3) is 0 Å². The Morgan fingerprint density at radius 2 is 1.89 bits per heavy atom. The van der Waals surface area contributed by atoms with Crippen LogP contribution in [0.1, 0.15) is 17.4 Å². The first-order valence-corrected chi connectivity index (χ1v) is 5.75. The van der Waals surface area contributed by atoms with Crippen LogP contribution in [0.4, 0.5) is 0 Å². The van der Waals surface area contributed by atoms with Crippen molar-refractivity contribution < 1.29 is 9.47 Å². The average molecular weight is 260 g/mol. The van der Waals surface area contributed by atoms with Crippen molar-refractivity contribution in [2.24, 2.45) is 5.84 Å². The summed E-state index contributed by atoms with van der Waals surface area (Å²) in [5, 5.41) is 0. The number of hydrogen-bond donors (Lipinski definition) is 2. The minimum absolute atomic E-state index is 0.345. The van der Waals surface area contributed by atoms with E-state index in [2.05, 4.69) is 15.4 Å². The molecule has 1 unspecified atom stereocenters. The highest BCUT2D eigenvalue weighted by Gasteiger charge is 2.19. The highest BCUT2D eigenvalue weighted by atomic mass is 16.5. The molecule has 1 aromatic heterocycles. The molecule has 0 spiro atoms. The van der Waals surface area contributed by atoms with Crippen LogP contribution in [0.15, 0.2) is 36.7 Å². The molecule has 2 rings (SSSR count). The van der Waals surface area contributed by atoms with Gasteiger partial charge >= 0.3 is 0 Å². The Morgan fingerprint density at radius 1 is 1.16 bits per heavy atom. The molecule has 6 heteroatoms. The molecule has 1 aromatic carbocycles. The Kier molecular flexibility index (Phi) is 4.27. The molecule has 0 aliphatic carbocycles. The van der Waals surface area contributed by atoms with Crippen molar-refractivity contribution in [1.29, 1.82) is 0 Å². The second-order valence-corrected chi connectivity index (χ2v) is 3.81. The van der Waals surface area contributed by atoms with Crippen LogP contribution in [0.25, 0.3) is 0 Å². The van der Waals surface area contributed by atoms with E-state index >= 15 is 0 Å². The van der Waals surface area contributed by atoms with Crippen LogP contribution in [-0.4, -0.2) is 24.2 Å². The summed E-state index contributed by atoms with van der Waals surface area (Å²) in [6.07, 6.45) is 3.34. The fourth-order valence-electron chi connectivity index (χ4n) is 1.82. The third kappa shape index (κ3) is 2.81. The van der Waals surface area contributed by atoms with Gasteiger partial charge in [0.15, 0.2) is 5.82 Å². The van der Waals surface area contributed by atoms with E-state index in [9.17, 15) is 0 Å². The lowest BCUT2D eigenvalue weighted by Gasteiger charge is -2.18. The summed E-state index contributed by atoms with van der Waals surface area (Å²) >= 11 is 0. The van der Waals surface area contributed by atoms with Crippen molar-refractivity contribution in [3.8, 4) is 11.5 Å². The Balaban J connectivity index is 2.43. The van der Waals surface area contributed by atoms with Gasteiger partial charge in [0.1, 0.15) is 17.5 Å². The molecule has 0 fully saturated rings. The number of aromatic nitrogens is 2. The minimum Gasteiger partial charge on any atom is -0.497 e. The van der Waals surface area contributed by atoms with Crippen molar-refractivity contribution in [3.05, 3.63) is 48.0 Å². The Labute approximate surface area is 111 Å². The van der Waals surface area contributed by atoms with Crippen LogP contribution in [-0.2, 0) is 0 Å². The van der Waals surface area contributed by atoms with Crippen LogP contribution in [0.5, 0.6) is 11.5 Å². The summed E-state index contributed by atoms with van der Waals surface area (Å²) in [5.74, 6) is 7.57. The number of methoxy groups -OCH3 is 2. The SMILES string of the molecule is COc1ccc(C(NN)c2ncccn2)c(OC)c1. The molecule has 19 heavy (non-hydrogen) atoms. The van der Waals surface area contributed by atoms with Gasteiger partial charge in [-0.25, -0.2) is 15.4 Å². The smallest absolute Gasteiger partial charge is 0.151 e. The predicted molar refractivity (Wildman–Crippen MR) is 70.7 cm³/mol. The van der Waals surface area contributed by atoms with E-state index in [-0.39, 0.29) is 6.04 Å². The average Bonchev–Trinajstić information content (AvgIpc) is 2.49. The van der Waals surface area contributed by atoms with Gasteiger partial charge in [-0.2, -0.15) is 0 Å². The minimum atomic E-state index is -0.345. The van der Waals surface area contributed by atoms with E-state index < -0.39 is 0 Å². The second kappa shape index (κ2) is 6.12. The molecule has 0 aliphatic rings. The lowest BCUT2D eigenvalue weighted by atomic mass is 10.1. The van der Waals surface area contributed by atoms with Crippen molar-refractivity contribution in [3.63, 3.8) is 0 Å². The molecule has 0 radical (unpaired) electrons. The summed E-state index contributed by atoms with van der Waals surface area (Å²) in [4.78, 5) is 8.41. The maximum Gasteiger partial charge on any atom is 0.151 e. The van der Waals surface area contributed by atoms with Crippen LogP contribution < -0.4 is 20.7 Å². The fraction of sp³-hybridized carbons (Fsp3) is 0.231. The topological polar surface area (TPSA) is 82.3 Å². The summed E-state index contributed by atoms with van der Waals surface area (Å²) in [5.41, 5.74) is 3.55. The number of nitrogens with zero attached hydrogens (tertiary/aromatic N) is 2. The molecular formula is C13H16N4O2. The molecule has 0 amide bonds. The number of benzene rings is 1. The van der Waals surface area contributed by atoms with Crippen molar-refractivity contribution in [2.75, 3.05) is 14.2 Å². The molecular weight excluding hydrogens is 244 g/mol.